The molecule has 1 aromatic carbocycles. The number of aryl methyl sites for hydroxylation is 2. The van der Waals surface area contributed by atoms with Crippen molar-refractivity contribution in [2.75, 3.05) is 0 Å². The number of aromatic nitrogens is 2. The third kappa shape index (κ3) is 3.68. The van der Waals surface area contributed by atoms with Crippen LogP contribution < -0.4 is 0 Å². The first-order chi connectivity index (χ1) is 8.97. The summed E-state index contributed by atoms with van der Waals surface area (Å²) >= 11 is 6.97. The summed E-state index contributed by atoms with van der Waals surface area (Å²) in [5.74, 6) is 0. The van der Waals surface area contributed by atoms with E-state index >= 15 is 0 Å². The van der Waals surface area contributed by atoms with Crippen molar-refractivity contribution < 1.29 is 5.11 Å². The summed E-state index contributed by atoms with van der Waals surface area (Å²) in [4.78, 5) is 0. The first kappa shape index (κ1) is 14.8. The maximum absolute atomic E-state index is 10.2. The number of benzene rings is 1. The molecule has 1 heterocycles. The van der Waals surface area contributed by atoms with Gasteiger partial charge in [0.15, 0.2) is 0 Å². The lowest BCUT2D eigenvalue weighted by Gasteiger charge is -2.11. The fraction of sp³-hybridized carbons (Fsp3) is 0.357. The molecule has 0 saturated carbocycles. The smallest absolute Gasteiger partial charge is 0.0738 e. The lowest BCUT2D eigenvalue weighted by Crippen LogP contribution is -2.16. The molecule has 0 spiro atoms. The molecule has 0 amide bonds. The highest BCUT2D eigenvalue weighted by Gasteiger charge is 2.15. The Labute approximate surface area is 129 Å². The van der Waals surface area contributed by atoms with E-state index in [0.717, 1.165) is 25.9 Å². The van der Waals surface area contributed by atoms with Crippen molar-refractivity contribution in [2.45, 2.75) is 25.9 Å². The molecule has 102 valence electrons. The van der Waals surface area contributed by atoms with Crippen LogP contribution in [0.5, 0.6) is 0 Å². The summed E-state index contributed by atoms with van der Waals surface area (Å²) in [7, 11) is 1.90. The summed E-state index contributed by atoms with van der Waals surface area (Å²) in [5, 5.41) is 14.6. The quantitative estimate of drug-likeness (QED) is 0.872. The first-order valence-corrected chi connectivity index (χ1v) is 7.66. The number of aliphatic hydroxyl groups is 1. The summed E-state index contributed by atoms with van der Waals surface area (Å²) in [6.45, 7) is 1.95. The fourth-order valence-electron chi connectivity index (χ4n) is 2.13. The minimum absolute atomic E-state index is 0.416. The van der Waals surface area contributed by atoms with Gasteiger partial charge in [-0.25, -0.2) is 0 Å². The van der Waals surface area contributed by atoms with Gasteiger partial charge in [0, 0.05) is 17.9 Å². The lowest BCUT2D eigenvalue weighted by atomic mass is 10.0. The van der Waals surface area contributed by atoms with Gasteiger partial charge in [0.1, 0.15) is 0 Å². The van der Waals surface area contributed by atoms with Crippen molar-refractivity contribution >= 4 is 31.9 Å². The zero-order chi connectivity index (χ0) is 14.0. The Morgan fingerprint density at radius 1 is 1.32 bits per heavy atom. The first-order valence-electron chi connectivity index (χ1n) is 6.08. The second kappa shape index (κ2) is 6.20. The highest BCUT2D eigenvalue weighted by molar-refractivity contribution is 9.10. The van der Waals surface area contributed by atoms with Gasteiger partial charge in [-0.05, 0) is 47.0 Å². The Balaban J connectivity index is 2.07. The van der Waals surface area contributed by atoms with Gasteiger partial charge in [-0.1, -0.05) is 28.1 Å². The van der Waals surface area contributed by atoms with Crippen LogP contribution in [0.15, 0.2) is 33.2 Å². The molecule has 0 fully saturated rings. The van der Waals surface area contributed by atoms with E-state index in [4.69, 9.17) is 0 Å². The highest BCUT2D eigenvalue weighted by atomic mass is 79.9. The predicted octanol–water partition coefficient (Wildman–Crippen LogP) is 3.40. The molecule has 1 atom stereocenters. The van der Waals surface area contributed by atoms with E-state index in [0.29, 0.717) is 12.8 Å². The van der Waals surface area contributed by atoms with Crippen molar-refractivity contribution in [1.82, 2.24) is 9.78 Å². The average molecular weight is 388 g/mol. The molecule has 0 radical (unpaired) electrons. The van der Waals surface area contributed by atoms with Crippen LogP contribution >= 0.6 is 31.9 Å². The van der Waals surface area contributed by atoms with E-state index < -0.39 is 6.10 Å². The average Bonchev–Trinajstić information content (AvgIpc) is 2.56. The SMILES string of the molecule is Cc1nn(C)c(CC(O)Cc2cccc(Br)c2)c1Br. The molecule has 2 aromatic rings. The second-order valence-electron chi connectivity index (χ2n) is 4.66. The van der Waals surface area contributed by atoms with E-state index in [2.05, 4.69) is 37.0 Å². The molecule has 0 aliphatic heterocycles. The predicted molar refractivity (Wildman–Crippen MR) is 83.2 cm³/mol. The van der Waals surface area contributed by atoms with Gasteiger partial charge in [0.2, 0.25) is 0 Å². The van der Waals surface area contributed by atoms with Gasteiger partial charge < -0.3 is 5.11 Å². The number of nitrogens with zero attached hydrogens (tertiary/aromatic N) is 2. The van der Waals surface area contributed by atoms with Crippen LogP contribution in [0.3, 0.4) is 0 Å². The van der Waals surface area contributed by atoms with Crippen molar-refractivity contribution in [3.8, 4) is 0 Å². The number of aliphatic hydroxyl groups excluding tert-OH is 1. The van der Waals surface area contributed by atoms with Crippen molar-refractivity contribution in [1.29, 1.82) is 0 Å². The molecule has 0 saturated heterocycles. The van der Waals surface area contributed by atoms with Crippen molar-refractivity contribution in [2.24, 2.45) is 7.05 Å². The molecule has 1 unspecified atom stereocenters. The van der Waals surface area contributed by atoms with Crippen LogP contribution in [-0.4, -0.2) is 21.0 Å². The van der Waals surface area contributed by atoms with Crippen LogP contribution in [0.1, 0.15) is 17.0 Å². The van der Waals surface area contributed by atoms with E-state index in [-0.39, 0.29) is 0 Å². The number of halogens is 2. The largest absolute Gasteiger partial charge is 0.392 e. The molecular weight excluding hydrogens is 372 g/mol. The summed E-state index contributed by atoms with van der Waals surface area (Å²) in [5.41, 5.74) is 3.10. The Hall–Kier alpha value is -0.650. The van der Waals surface area contributed by atoms with Crippen molar-refractivity contribution in [3.63, 3.8) is 0 Å². The molecule has 19 heavy (non-hydrogen) atoms. The third-order valence-corrected chi connectivity index (χ3v) is 4.58. The Bertz CT molecular complexity index is 581. The number of hydrogen-bond donors (Lipinski definition) is 1. The molecular formula is C14H16Br2N2O. The number of hydrogen-bond acceptors (Lipinski definition) is 2. The summed E-state index contributed by atoms with van der Waals surface area (Å²) in [6, 6.07) is 8.03. The van der Waals surface area contributed by atoms with Crippen LogP contribution in [0, 0.1) is 6.92 Å². The maximum atomic E-state index is 10.2. The normalized spacial score (nSPS) is 12.7. The third-order valence-electron chi connectivity index (χ3n) is 3.05. The second-order valence-corrected chi connectivity index (χ2v) is 6.37. The van der Waals surface area contributed by atoms with Crippen LogP contribution in [-0.2, 0) is 19.9 Å². The van der Waals surface area contributed by atoms with Crippen LogP contribution in [0.2, 0.25) is 0 Å². The molecule has 3 nitrogen and oxygen atoms in total. The monoisotopic (exact) mass is 386 g/mol. The Morgan fingerprint density at radius 3 is 2.63 bits per heavy atom. The van der Waals surface area contributed by atoms with Crippen molar-refractivity contribution in [3.05, 3.63) is 50.2 Å². The van der Waals surface area contributed by atoms with Gasteiger partial charge >= 0.3 is 0 Å². The van der Waals surface area contributed by atoms with Gasteiger partial charge in [0.05, 0.1) is 22.0 Å². The lowest BCUT2D eigenvalue weighted by molar-refractivity contribution is 0.172. The Morgan fingerprint density at radius 2 is 2.05 bits per heavy atom. The molecule has 0 bridgehead atoms. The Kier molecular flexibility index (Phi) is 4.81. The molecule has 0 aliphatic rings. The molecule has 2 rings (SSSR count). The topological polar surface area (TPSA) is 38.0 Å². The van der Waals surface area contributed by atoms with Crippen LogP contribution in [0.4, 0.5) is 0 Å². The van der Waals surface area contributed by atoms with Gasteiger partial charge in [-0.2, -0.15) is 5.10 Å². The standard InChI is InChI=1S/C14H16Br2N2O/c1-9-14(16)13(18(2)17-9)8-12(19)7-10-4-3-5-11(15)6-10/h3-6,12,19H,7-8H2,1-2H3. The van der Waals surface area contributed by atoms with E-state index in [1.54, 1.807) is 0 Å². The van der Waals surface area contributed by atoms with Gasteiger partial charge in [-0.3, -0.25) is 4.68 Å². The van der Waals surface area contributed by atoms with E-state index in [1.807, 2.05) is 42.9 Å². The molecule has 1 N–H and O–H groups in total. The van der Waals surface area contributed by atoms with E-state index in [9.17, 15) is 5.11 Å². The fourth-order valence-corrected chi connectivity index (χ4v) is 3.08. The minimum Gasteiger partial charge on any atom is -0.392 e. The molecule has 1 aromatic heterocycles. The van der Waals surface area contributed by atoms with E-state index in [1.165, 1.54) is 0 Å². The van der Waals surface area contributed by atoms with Crippen LogP contribution in [0.25, 0.3) is 0 Å². The van der Waals surface area contributed by atoms with Gasteiger partial charge in [0.25, 0.3) is 0 Å². The summed E-state index contributed by atoms with van der Waals surface area (Å²) < 4.78 is 3.85. The zero-order valence-electron chi connectivity index (χ0n) is 10.9. The summed E-state index contributed by atoms with van der Waals surface area (Å²) in [6.07, 6.45) is 0.806. The zero-order valence-corrected chi connectivity index (χ0v) is 14.1. The molecule has 0 aliphatic carbocycles. The highest BCUT2D eigenvalue weighted by Crippen LogP contribution is 2.22. The molecule has 5 heteroatoms. The minimum atomic E-state index is -0.416. The van der Waals surface area contributed by atoms with Gasteiger partial charge in [-0.15, -0.1) is 0 Å². The maximum Gasteiger partial charge on any atom is 0.0738 e. The number of rotatable bonds is 4.